The Morgan fingerprint density at radius 2 is 1.95 bits per heavy atom. The first-order valence-corrected chi connectivity index (χ1v) is 8.94. The topological polar surface area (TPSA) is 58.2 Å². The van der Waals surface area contributed by atoms with Gasteiger partial charge in [-0.15, -0.1) is 11.3 Å². The monoisotopic (exact) mass is 328 g/mol. The van der Waals surface area contributed by atoms with Crippen molar-refractivity contribution in [2.75, 3.05) is 11.3 Å². The van der Waals surface area contributed by atoms with Gasteiger partial charge in [0.05, 0.1) is 4.90 Å². The molecule has 4 nitrogen and oxygen atoms in total. The minimum absolute atomic E-state index is 0.227. The van der Waals surface area contributed by atoms with E-state index in [-0.39, 0.29) is 4.90 Å². The molecular weight excluding hydrogens is 311 g/mol. The highest BCUT2D eigenvalue weighted by Gasteiger charge is 2.16. The number of hydrogen-bond acceptors (Lipinski definition) is 4. The lowest BCUT2D eigenvalue weighted by molar-refractivity contribution is 0.601. The van der Waals surface area contributed by atoms with Crippen LogP contribution in [0.4, 0.5) is 10.1 Å². The summed E-state index contributed by atoms with van der Waals surface area (Å²) in [5.74, 6) is -0.405. The Morgan fingerprint density at radius 1 is 1.24 bits per heavy atom. The van der Waals surface area contributed by atoms with E-state index in [0.717, 1.165) is 17.8 Å². The van der Waals surface area contributed by atoms with Crippen LogP contribution in [0.25, 0.3) is 0 Å². The summed E-state index contributed by atoms with van der Waals surface area (Å²) in [6.07, 6.45) is 1.03. The Bertz CT molecular complexity index is 681. The SMILES string of the molecule is CCCNCc1cc(S(=O)(=O)Nc2ccc(F)cc2)cs1. The van der Waals surface area contributed by atoms with Crippen molar-refractivity contribution in [2.24, 2.45) is 0 Å². The average molecular weight is 328 g/mol. The normalized spacial score (nSPS) is 11.5. The van der Waals surface area contributed by atoms with Gasteiger partial charge in [0.25, 0.3) is 10.0 Å². The van der Waals surface area contributed by atoms with E-state index in [1.165, 1.54) is 35.6 Å². The molecular formula is C14H17FN2O2S2. The van der Waals surface area contributed by atoms with E-state index in [1.54, 1.807) is 11.4 Å². The summed E-state index contributed by atoms with van der Waals surface area (Å²) in [7, 11) is -3.63. The maximum Gasteiger partial charge on any atom is 0.262 e. The molecule has 0 unspecified atom stereocenters. The van der Waals surface area contributed by atoms with Gasteiger partial charge in [0.2, 0.25) is 0 Å². The summed E-state index contributed by atoms with van der Waals surface area (Å²) in [4.78, 5) is 1.19. The fourth-order valence-electron chi connectivity index (χ4n) is 1.71. The number of sulfonamides is 1. The summed E-state index contributed by atoms with van der Waals surface area (Å²) >= 11 is 1.40. The quantitative estimate of drug-likeness (QED) is 0.768. The minimum Gasteiger partial charge on any atom is -0.312 e. The van der Waals surface area contributed by atoms with Gasteiger partial charge < -0.3 is 5.32 Å². The number of thiophene rings is 1. The zero-order valence-corrected chi connectivity index (χ0v) is 13.2. The predicted molar refractivity (Wildman–Crippen MR) is 83.5 cm³/mol. The first-order valence-electron chi connectivity index (χ1n) is 6.58. The van der Waals surface area contributed by atoms with Crippen LogP contribution in [0, 0.1) is 5.82 Å². The number of halogens is 1. The molecule has 7 heteroatoms. The fourth-order valence-corrected chi connectivity index (χ4v) is 4.02. The molecule has 2 aromatic rings. The van der Waals surface area contributed by atoms with E-state index < -0.39 is 15.8 Å². The molecule has 0 aliphatic heterocycles. The number of hydrogen-bond donors (Lipinski definition) is 2. The van der Waals surface area contributed by atoms with Crippen molar-refractivity contribution in [2.45, 2.75) is 24.8 Å². The molecule has 0 amide bonds. The molecule has 1 aromatic carbocycles. The Balaban J connectivity index is 2.07. The highest BCUT2D eigenvalue weighted by molar-refractivity contribution is 7.92. The molecule has 2 N–H and O–H groups in total. The maximum atomic E-state index is 12.8. The zero-order valence-electron chi connectivity index (χ0n) is 11.6. The first kappa shape index (κ1) is 15.9. The molecule has 0 atom stereocenters. The highest BCUT2D eigenvalue weighted by atomic mass is 32.2. The van der Waals surface area contributed by atoms with Crippen LogP contribution in [0.1, 0.15) is 18.2 Å². The van der Waals surface area contributed by atoms with Gasteiger partial charge in [0.15, 0.2) is 0 Å². The van der Waals surface area contributed by atoms with Crippen molar-refractivity contribution in [3.8, 4) is 0 Å². The third-order valence-electron chi connectivity index (χ3n) is 2.76. The van der Waals surface area contributed by atoms with Gasteiger partial charge in [-0.25, -0.2) is 12.8 Å². The van der Waals surface area contributed by atoms with Gasteiger partial charge in [-0.1, -0.05) is 6.92 Å². The number of rotatable bonds is 7. The number of benzene rings is 1. The van der Waals surface area contributed by atoms with E-state index in [1.807, 2.05) is 0 Å². The van der Waals surface area contributed by atoms with Crippen molar-refractivity contribution in [3.05, 3.63) is 46.4 Å². The van der Waals surface area contributed by atoms with Crippen molar-refractivity contribution in [1.82, 2.24) is 5.32 Å². The lowest BCUT2D eigenvalue weighted by Crippen LogP contribution is -2.13. The first-order chi connectivity index (χ1) is 10.0. The Morgan fingerprint density at radius 3 is 2.62 bits per heavy atom. The molecule has 0 aliphatic carbocycles. The molecule has 0 saturated carbocycles. The van der Waals surface area contributed by atoms with Crippen LogP contribution in [0.5, 0.6) is 0 Å². The molecule has 2 rings (SSSR count). The molecule has 0 saturated heterocycles. The van der Waals surface area contributed by atoms with E-state index >= 15 is 0 Å². The summed E-state index contributed by atoms with van der Waals surface area (Å²) in [5.41, 5.74) is 0.341. The molecule has 114 valence electrons. The largest absolute Gasteiger partial charge is 0.312 e. The van der Waals surface area contributed by atoms with Crippen molar-refractivity contribution in [1.29, 1.82) is 0 Å². The van der Waals surface area contributed by atoms with Gasteiger partial charge >= 0.3 is 0 Å². The highest BCUT2D eigenvalue weighted by Crippen LogP contribution is 2.22. The summed E-state index contributed by atoms with van der Waals surface area (Å²) in [6, 6.07) is 6.86. The standard InChI is InChI=1S/C14H17FN2O2S2/c1-2-7-16-9-13-8-14(10-20-13)21(18,19)17-12-5-3-11(15)4-6-12/h3-6,8,10,16-17H,2,7,9H2,1H3. The van der Waals surface area contributed by atoms with Gasteiger partial charge in [-0.3, -0.25) is 4.72 Å². The second-order valence-corrected chi connectivity index (χ2v) is 7.22. The van der Waals surface area contributed by atoms with Gasteiger partial charge in [-0.05, 0) is 43.3 Å². The molecule has 0 bridgehead atoms. The maximum absolute atomic E-state index is 12.8. The van der Waals surface area contributed by atoms with Crippen LogP contribution in [-0.4, -0.2) is 15.0 Å². The van der Waals surface area contributed by atoms with E-state index in [9.17, 15) is 12.8 Å². The van der Waals surface area contributed by atoms with E-state index in [0.29, 0.717) is 12.2 Å². The number of anilines is 1. The Kier molecular flexibility index (Phi) is 5.33. The summed E-state index contributed by atoms with van der Waals surface area (Å²) in [6.45, 7) is 3.63. The van der Waals surface area contributed by atoms with Crippen molar-refractivity contribution in [3.63, 3.8) is 0 Å². The van der Waals surface area contributed by atoms with Crippen LogP contribution in [0.15, 0.2) is 40.6 Å². The van der Waals surface area contributed by atoms with Crippen LogP contribution in [0.2, 0.25) is 0 Å². The molecule has 0 fully saturated rings. The third kappa shape index (κ3) is 4.52. The van der Waals surface area contributed by atoms with Crippen LogP contribution in [-0.2, 0) is 16.6 Å². The third-order valence-corrected chi connectivity index (χ3v) is 5.21. The van der Waals surface area contributed by atoms with Crippen LogP contribution < -0.4 is 10.0 Å². The molecule has 1 aromatic heterocycles. The smallest absolute Gasteiger partial charge is 0.262 e. The lowest BCUT2D eigenvalue weighted by atomic mass is 10.3. The average Bonchev–Trinajstić information content (AvgIpc) is 2.91. The number of nitrogens with one attached hydrogen (secondary N) is 2. The van der Waals surface area contributed by atoms with Crippen LogP contribution >= 0.6 is 11.3 Å². The van der Waals surface area contributed by atoms with E-state index in [4.69, 9.17) is 0 Å². The zero-order chi connectivity index (χ0) is 15.3. The molecule has 0 aliphatic rings. The van der Waals surface area contributed by atoms with Crippen molar-refractivity contribution < 1.29 is 12.8 Å². The summed E-state index contributed by atoms with van der Waals surface area (Å²) < 4.78 is 39.7. The predicted octanol–water partition coefficient (Wildman–Crippen LogP) is 3.19. The lowest BCUT2D eigenvalue weighted by Gasteiger charge is -2.06. The summed E-state index contributed by atoms with van der Waals surface area (Å²) in [5, 5.41) is 4.83. The fraction of sp³-hybridized carbons (Fsp3) is 0.286. The van der Waals surface area contributed by atoms with E-state index in [2.05, 4.69) is 17.0 Å². The Hall–Kier alpha value is -1.44. The molecule has 0 radical (unpaired) electrons. The second-order valence-electron chi connectivity index (χ2n) is 4.54. The Labute approximate surface area is 128 Å². The second kappa shape index (κ2) is 7.02. The van der Waals surface area contributed by atoms with Gasteiger partial charge in [-0.2, -0.15) is 0 Å². The van der Waals surface area contributed by atoms with Gasteiger partial charge in [0, 0.05) is 22.5 Å². The molecule has 0 spiro atoms. The minimum atomic E-state index is -3.63. The molecule has 21 heavy (non-hydrogen) atoms. The molecule has 1 heterocycles. The van der Waals surface area contributed by atoms with Crippen LogP contribution in [0.3, 0.4) is 0 Å². The van der Waals surface area contributed by atoms with Crippen molar-refractivity contribution >= 4 is 27.0 Å². The van der Waals surface area contributed by atoms with Gasteiger partial charge in [0.1, 0.15) is 5.82 Å².